The zero-order valence-corrected chi connectivity index (χ0v) is 13.7. The highest BCUT2D eigenvalue weighted by atomic mass is 79.9. The van der Waals surface area contributed by atoms with Gasteiger partial charge in [0.15, 0.2) is 0 Å². The zero-order valence-electron chi connectivity index (χ0n) is 11.3. The molecule has 0 aliphatic heterocycles. The van der Waals surface area contributed by atoms with Crippen LogP contribution in [0.25, 0.3) is 0 Å². The van der Waals surface area contributed by atoms with Crippen LogP contribution in [0.2, 0.25) is 5.02 Å². The Bertz CT molecular complexity index is 542. The highest BCUT2D eigenvalue weighted by Crippen LogP contribution is 2.20. The predicted octanol–water partition coefficient (Wildman–Crippen LogP) is 3.61. The van der Waals surface area contributed by atoms with Gasteiger partial charge in [0, 0.05) is 24.0 Å². The first-order chi connectivity index (χ1) is 9.56. The summed E-state index contributed by atoms with van der Waals surface area (Å²) in [5.41, 5.74) is 1.20. The van der Waals surface area contributed by atoms with Crippen LogP contribution >= 0.6 is 27.5 Å². The maximum absolute atomic E-state index is 5.93. The number of nitrogens with zero attached hydrogens (tertiary/aromatic N) is 3. The molecule has 6 heteroatoms. The lowest BCUT2D eigenvalue weighted by molar-refractivity contribution is 0.311. The fraction of sp³-hybridized carbons (Fsp3) is 0.286. The molecule has 2 rings (SSSR count). The standard InChI is InChI=1S/C14H16BrClN4/c1-20(2)13(10-3-5-12(16)6-4-10)9-19-14-17-7-11(15)8-18-14/h3-8,13H,9H2,1-2H3,(H,17,18,19). The Balaban J connectivity index is 2.06. The molecule has 20 heavy (non-hydrogen) atoms. The third-order valence-corrected chi connectivity index (χ3v) is 3.61. The summed E-state index contributed by atoms with van der Waals surface area (Å²) in [7, 11) is 4.09. The first-order valence-corrected chi connectivity index (χ1v) is 7.36. The third-order valence-electron chi connectivity index (χ3n) is 2.95. The number of rotatable bonds is 5. The molecule has 2 aromatic rings. The second-order valence-electron chi connectivity index (χ2n) is 4.64. The summed E-state index contributed by atoms with van der Waals surface area (Å²) < 4.78 is 0.866. The number of benzene rings is 1. The predicted molar refractivity (Wildman–Crippen MR) is 86.1 cm³/mol. The first-order valence-electron chi connectivity index (χ1n) is 6.19. The molecule has 1 atom stereocenters. The average molecular weight is 356 g/mol. The summed E-state index contributed by atoms with van der Waals surface area (Å²) in [6.07, 6.45) is 3.45. The van der Waals surface area contributed by atoms with Crippen LogP contribution in [0.15, 0.2) is 41.1 Å². The van der Waals surface area contributed by atoms with Crippen molar-refractivity contribution in [2.45, 2.75) is 6.04 Å². The third kappa shape index (κ3) is 4.16. The number of anilines is 1. The Kier molecular flexibility index (Phi) is 5.34. The summed E-state index contributed by atoms with van der Waals surface area (Å²) in [5, 5.41) is 3.99. The second-order valence-corrected chi connectivity index (χ2v) is 5.99. The second kappa shape index (κ2) is 7.02. The molecule has 1 unspecified atom stereocenters. The molecular weight excluding hydrogens is 340 g/mol. The van der Waals surface area contributed by atoms with Crippen LogP contribution in [0.1, 0.15) is 11.6 Å². The van der Waals surface area contributed by atoms with E-state index < -0.39 is 0 Å². The van der Waals surface area contributed by atoms with Crippen LogP contribution < -0.4 is 5.32 Å². The van der Waals surface area contributed by atoms with E-state index in [9.17, 15) is 0 Å². The van der Waals surface area contributed by atoms with Gasteiger partial charge in [0.2, 0.25) is 5.95 Å². The number of nitrogens with one attached hydrogen (secondary N) is 1. The van der Waals surface area contributed by atoms with Gasteiger partial charge in [0.1, 0.15) is 0 Å². The van der Waals surface area contributed by atoms with Gasteiger partial charge in [-0.25, -0.2) is 9.97 Å². The average Bonchev–Trinajstić information content (AvgIpc) is 2.43. The highest BCUT2D eigenvalue weighted by Gasteiger charge is 2.14. The molecule has 0 radical (unpaired) electrons. The number of hydrogen-bond acceptors (Lipinski definition) is 4. The molecule has 0 bridgehead atoms. The molecular formula is C14H16BrClN4. The van der Waals surface area contributed by atoms with Crippen molar-refractivity contribution in [1.82, 2.24) is 14.9 Å². The lowest BCUT2D eigenvalue weighted by atomic mass is 10.1. The van der Waals surface area contributed by atoms with E-state index in [0.29, 0.717) is 5.95 Å². The minimum Gasteiger partial charge on any atom is -0.352 e. The van der Waals surface area contributed by atoms with Crippen molar-refractivity contribution >= 4 is 33.5 Å². The van der Waals surface area contributed by atoms with E-state index in [-0.39, 0.29) is 6.04 Å². The SMILES string of the molecule is CN(C)C(CNc1ncc(Br)cn1)c1ccc(Cl)cc1. The van der Waals surface area contributed by atoms with E-state index in [4.69, 9.17) is 11.6 Å². The number of aromatic nitrogens is 2. The molecule has 106 valence electrons. The summed E-state index contributed by atoms with van der Waals surface area (Å²) in [6, 6.07) is 8.11. The fourth-order valence-electron chi connectivity index (χ4n) is 1.88. The maximum atomic E-state index is 5.93. The number of hydrogen-bond donors (Lipinski definition) is 1. The Morgan fingerprint density at radius 3 is 2.35 bits per heavy atom. The van der Waals surface area contributed by atoms with Crippen LogP contribution in [0.4, 0.5) is 5.95 Å². The largest absolute Gasteiger partial charge is 0.352 e. The lowest BCUT2D eigenvalue weighted by Crippen LogP contribution is -2.27. The van der Waals surface area contributed by atoms with Gasteiger partial charge in [-0.15, -0.1) is 0 Å². The van der Waals surface area contributed by atoms with E-state index in [1.807, 2.05) is 38.4 Å². The van der Waals surface area contributed by atoms with E-state index in [0.717, 1.165) is 16.0 Å². The van der Waals surface area contributed by atoms with Gasteiger partial charge in [-0.2, -0.15) is 0 Å². The fourth-order valence-corrected chi connectivity index (χ4v) is 2.21. The summed E-state index contributed by atoms with van der Waals surface area (Å²) in [4.78, 5) is 10.6. The molecule has 0 spiro atoms. The van der Waals surface area contributed by atoms with Crippen molar-refractivity contribution in [3.63, 3.8) is 0 Å². The summed E-state index contributed by atoms with van der Waals surface area (Å²) in [6.45, 7) is 0.719. The van der Waals surface area contributed by atoms with Crippen LogP contribution in [-0.4, -0.2) is 35.5 Å². The molecule has 4 nitrogen and oxygen atoms in total. The van der Waals surface area contributed by atoms with Gasteiger partial charge in [0.25, 0.3) is 0 Å². The molecule has 1 N–H and O–H groups in total. The minimum absolute atomic E-state index is 0.222. The maximum Gasteiger partial charge on any atom is 0.222 e. The van der Waals surface area contributed by atoms with Crippen LogP contribution in [0.3, 0.4) is 0 Å². The van der Waals surface area contributed by atoms with Gasteiger partial charge in [-0.1, -0.05) is 23.7 Å². The Hall–Kier alpha value is -1.17. The smallest absolute Gasteiger partial charge is 0.222 e. The Morgan fingerprint density at radius 2 is 1.80 bits per heavy atom. The van der Waals surface area contributed by atoms with Gasteiger partial charge >= 0.3 is 0 Å². The highest BCUT2D eigenvalue weighted by molar-refractivity contribution is 9.10. The summed E-state index contributed by atoms with van der Waals surface area (Å²) in [5.74, 6) is 0.619. The van der Waals surface area contributed by atoms with Crippen molar-refractivity contribution in [2.24, 2.45) is 0 Å². The monoisotopic (exact) mass is 354 g/mol. The van der Waals surface area contributed by atoms with Crippen molar-refractivity contribution in [1.29, 1.82) is 0 Å². The molecule has 0 amide bonds. The quantitative estimate of drug-likeness (QED) is 0.889. The van der Waals surface area contributed by atoms with Gasteiger partial charge in [-0.05, 0) is 47.7 Å². The molecule has 1 aromatic carbocycles. The van der Waals surface area contributed by atoms with Crippen molar-refractivity contribution in [3.05, 3.63) is 51.7 Å². The van der Waals surface area contributed by atoms with E-state index in [1.54, 1.807) is 12.4 Å². The first kappa shape index (κ1) is 15.2. The van der Waals surface area contributed by atoms with Crippen molar-refractivity contribution in [3.8, 4) is 0 Å². The molecule has 0 aliphatic rings. The van der Waals surface area contributed by atoms with Gasteiger partial charge < -0.3 is 10.2 Å². The molecule has 0 fully saturated rings. The zero-order chi connectivity index (χ0) is 14.5. The molecule has 0 aliphatic carbocycles. The normalized spacial score (nSPS) is 12.4. The van der Waals surface area contributed by atoms with Gasteiger partial charge in [-0.3, -0.25) is 0 Å². The lowest BCUT2D eigenvalue weighted by Gasteiger charge is -2.25. The van der Waals surface area contributed by atoms with Gasteiger partial charge in [0.05, 0.1) is 10.5 Å². The van der Waals surface area contributed by atoms with Crippen molar-refractivity contribution < 1.29 is 0 Å². The van der Waals surface area contributed by atoms with Crippen LogP contribution in [0, 0.1) is 0 Å². The molecule has 0 saturated heterocycles. The Labute approximate surface area is 132 Å². The van der Waals surface area contributed by atoms with E-state index >= 15 is 0 Å². The van der Waals surface area contributed by atoms with Crippen LogP contribution in [-0.2, 0) is 0 Å². The number of halogens is 2. The molecule has 0 saturated carbocycles. The van der Waals surface area contributed by atoms with Crippen LogP contribution in [0.5, 0.6) is 0 Å². The minimum atomic E-state index is 0.222. The molecule has 1 heterocycles. The topological polar surface area (TPSA) is 41.0 Å². The molecule has 1 aromatic heterocycles. The number of likely N-dealkylation sites (N-methyl/N-ethyl adjacent to an activating group) is 1. The van der Waals surface area contributed by atoms with Crippen molar-refractivity contribution in [2.75, 3.05) is 26.0 Å². The Morgan fingerprint density at radius 1 is 1.20 bits per heavy atom. The van der Waals surface area contributed by atoms with E-state index in [1.165, 1.54) is 5.56 Å². The summed E-state index contributed by atoms with van der Waals surface area (Å²) >= 11 is 9.25. The van der Waals surface area contributed by atoms with E-state index in [2.05, 4.69) is 36.1 Å².